The first-order valence-electron chi connectivity index (χ1n) is 5.15. The van der Waals surface area contributed by atoms with Crippen molar-refractivity contribution in [1.29, 1.82) is 0 Å². The van der Waals surface area contributed by atoms with Crippen molar-refractivity contribution in [3.8, 4) is 0 Å². The van der Waals surface area contributed by atoms with Crippen LogP contribution in [0, 0.1) is 11.8 Å². The Balaban J connectivity index is 1.92. The number of aliphatic hydroxyl groups excluding tert-OH is 1. The second-order valence-electron chi connectivity index (χ2n) is 4.45. The lowest BCUT2D eigenvalue weighted by molar-refractivity contribution is 0.249. The van der Waals surface area contributed by atoms with E-state index < -0.39 is 9.84 Å². The third-order valence-electron chi connectivity index (χ3n) is 3.41. The second-order valence-corrected chi connectivity index (χ2v) is 6.68. The molecule has 5 heteroatoms. The van der Waals surface area contributed by atoms with Gasteiger partial charge >= 0.3 is 0 Å². The van der Waals surface area contributed by atoms with E-state index in [1.165, 1.54) is 0 Å². The Morgan fingerprint density at radius 2 is 2.14 bits per heavy atom. The summed E-state index contributed by atoms with van der Waals surface area (Å²) in [6.07, 6.45) is 1.74. The molecule has 0 amide bonds. The number of hydrogen-bond acceptors (Lipinski definition) is 4. The van der Waals surface area contributed by atoms with Crippen LogP contribution in [0.4, 0.5) is 0 Å². The second kappa shape index (κ2) is 3.79. The third kappa shape index (κ3) is 2.10. The smallest absolute Gasteiger partial charge is 0.150 e. The summed E-state index contributed by atoms with van der Waals surface area (Å²) in [4.78, 5) is 0. The van der Waals surface area contributed by atoms with Crippen LogP contribution < -0.4 is 5.32 Å². The molecule has 0 aromatic rings. The predicted octanol–water partition coefficient (Wildman–Crippen LogP) is -0.608. The maximum atomic E-state index is 11.3. The van der Waals surface area contributed by atoms with Gasteiger partial charge in [0.15, 0.2) is 9.84 Å². The van der Waals surface area contributed by atoms with E-state index >= 15 is 0 Å². The lowest BCUT2D eigenvalue weighted by Gasteiger charge is -2.15. The van der Waals surface area contributed by atoms with Crippen LogP contribution >= 0.6 is 0 Å². The molecular weight excluding hydrogens is 202 g/mol. The molecule has 2 saturated heterocycles. The normalized spacial score (nSPS) is 41.6. The highest BCUT2D eigenvalue weighted by molar-refractivity contribution is 7.91. The van der Waals surface area contributed by atoms with E-state index in [-0.39, 0.29) is 12.6 Å². The molecule has 0 radical (unpaired) electrons. The average Bonchev–Trinajstić information content (AvgIpc) is 2.70. The Morgan fingerprint density at radius 3 is 2.64 bits per heavy atom. The summed E-state index contributed by atoms with van der Waals surface area (Å²) in [5.74, 6) is 1.49. The molecule has 2 fully saturated rings. The number of sulfone groups is 1. The summed E-state index contributed by atoms with van der Waals surface area (Å²) in [5.41, 5.74) is 0. The van der Waals surface area contributed by atoms with Crippen molar-refractivity contribution in [2.24, 2.45) is 11.8 Å². The first-order valence-corrected chi connectivity index (χ1v) is 6.97. The minimum absolute atomic E-state index is 0.163. The van der Waals surface area contributed by atoms with E-state index in [0.29, 0.717) is 23.3 Å². The Labute approximate surface area is 84.6 Å². The zero-order valence-corrected chi connectivity index (χ0v) is 8.96. The zero-order valence-electron chi connectivity index (χ0n) is 8.15. The molecule has 0 bridgehead atoms. The van der Waals surface area contributed by atoms with Crippen molar-refractivity contribution in [3.63, 3.8) is 0 Å². The van der Waals surface area contributed by atoms with E-state index in [1.54, 1.807) is 0 Å². The van der Waals surface area contributed by atoms with E-state index in [2.05, 4.69) is 5.32 Å². The minimum Gasteiger partial charge on any atom is -0.395 e. The third-order valence-corrected chi connectivity index (χ3v) is 5.20. The van der Waals surface area contributed by atoms with E-state index in [1.807, 2.05) is 0 Å². The molecular formula is C9H17NO3S. The van der Waals surface area contributed by atoms with Gasteiger partial charge in [-0.05, 0) is 31.2 Å². The molecule has 0 spiro atoms. The molecule has 0 saturated carbocycles. The monoisotopic (exact) mass is 219 g/mol. The molecule has 2 N–H and O–H groups in total. The Hall–Kier alpha value is -0.130. The molecule has 4 nitrogen and oxygen atoms in total. The Bertz CT molecular complexity index is 301. The molecule has 3 unspecified atom stereocenters. The molecule has 0 aromatic heterocycles. The molecule has 0 aliphatic carbocycles. The number of aliphatic hydroxyl groups is 1. The Kier molecular flexibility index (Phi) is 2.81. The molecule has 3 atom stereocenters. The van der Waals surface area contributed by atoms with Crippen molar-refractivity contribution in [1.82, 2.24) is 5.32 Å². The van der Waals surface area contributed by atoms with Gasteiger partial charge in [-0.1, -0.05) is 0 Å². The molecule has 14 heavy (non-hydrogen) atoms. The van der Waals surface area contributed by atoms with Crippen molar-refractivity contribution < 1.29 is 13.5 Å². The molecule has 2 rings (SSSR count). The van der Waals surface area contributed by atoms with Gasteiger partial charge in [-0.3, -0.25) is 0 Å². The number of rotatable bonds is 2. The van der Waals surface area contributed by atoms with Gasteiger partial charge in [0.25, 0.3) is 0 Å². The SMILES string of the molecule is O=S1(=O)CCC(C2CNC(CO)C2)C1. The Morgan fingerprint density at radius 1 is 1.36 bits per heavy atom. The van der Waals surface area contributed by atoms with Crippen molar-refractivity contribution in [2.45, 2.75) is 18.9 Å². The van der Waals surface area contributed by atoms with Crippen LogP contribution in [0.25, 0.3) is 0 Å². The van der Waals surface area contributed by atoms with Gasteiger partial charge in [0.05, 0.1) is 18.1 Å². The fraction of sp³-hybridized carbons (Fsp3) is 1.00. The standard InChI is InChI=1S/C9H17NO3S/c11-5-9-3-8(4-10-9)7-1-2-14(12,13)6-7/h7-11H,1-6H2. The van der Waals surface area contributed by atoms with Gasteiger partial charge in [0.2, 0.25) is 0 Å². The van der Waals surface area contributed by atoms with Crippen molar-refractivity contribution in [3.05, 3.63) is 0 Å². The van der Waals surface area contributed by atoms with E-state index in [9.17, 15) is 8.42 Å². The lowest BCUT2D eigenvalue weighted by atomic mass is 9.90. The molecule has 2 heterocycles. The number of hydrogen-bond donors (Lipinski definition) is 2. The summed E-state index contributed by atoms with van der Waals surface area (Å²) < 4.78 is 22.6. The highest BCUT2D eigenvalue weighted by Crippen LogP contribution is 2.31. The van der Waals surface area contributed by atoms with Gasteiger partial charge in [-0.25, -0.2) is 8.42 Å². The van der Waals surface area contributed by atoms with Gasteiger partial charge in [-0.15, -0.1) is 0 Å². The van der Waals surface area contributed by atoms with Crippen LogP contribution in [0.15, 0.2) is 0 Å². The fourth-order valence-electron chi connectivity index (χ4n) is 2.54. The van der Waals surface area contributed by atoms with Crippen LogP contribution in [-0.4, -0.2) is 44.2 Å². The number of nitrogens with one attached hydrogen (secondary N) is 1. The van der Waals surface area contributed by atoms with Gasteiger partial charge < -0.3 is 10.4 Å². The first kappa shape index (κ1) is 10.4. The highest BCUT2D eigenvalue weighted by Gasteiger charge is 2.37. The topological polar surface area (TPSA) is 66.4 Å². The fourth-order valence-corrected chi connectivity index (χ4v) is 4.46. The van der Waals surface area contributed by atoms with Gasteiger partial charge in [-0.2, -0.15) is 0 Å². The summed E-state index contributed by atoms with van der Waals surface area (Å²) in [5, 5.41) is 12.2. The maximum Gasteiger partial charge on any atom is 0.150 e. The maximum absolute atomic E-state index is 11.3. The quantitative estimate of drug-likeness (QED) is 0.650. The van der Waals surface area contributed by atoms with Crippen LogP contribution in [0.1, 0.15) is 12.8 Å². The summed E-state index contributed by atoms with van der Waals surface area (Å²) in [7, 11) is -2.75. The first-order chi connectivity index (χ1) is 6.61. The average molecular weight is 219 g/mol. The summed E-state index contributed by atoms with van der Waals surface area (Å²) >= 11 is 0. The van der Waals surface area contributed by atoms with Crippen LogP contribution in [0.5, 0.6) is 0 Å². The van der Waals surface area contributed by atoms with Crippen LogP contribution in [-0.2, 0) is 9.84 Å². The van der Waals surface area contributed by atoms with Gasteiger partial charge in [0.1, 0.15) is 0 Å². The van der Waals surface area contributed by atoms with Crippen LogP contribution in [0.3, 0.4) is 0 Å². The molecule has 0 aromatic carbocycles. The van der Waals surface area contributed by atoms with E-state index in [0.717, 1.165) is 19.4 Å². The lowest BCUT2D eigenvalue weighted by Crippen LogP contribution is -2.24. The largest absolute Gasteiger partial charge is 0.395 e. The highest BCUT2D eigenvalue weighted by atomic mass is 32.2. The van der Waals surface area contributed by atoms with Crippen molar-refractivity contribution in [2.75, 3.05) is 24.7 Å². The zero-order chi connectivity index (χ0) is 10.2. The predicted molar refractivity (Wildman–Crippen MR) is 53.7 cm³/mol. The molecule has 82 valence electrons. The summed E-state index contributed by atoms with van der Waals surface area (Å²) in [6.45, 7) is 1.03. The van der Waals surface area contributed by atoms with Gasteiger partial charge in [0, 0.05) is 6.04 Å². The minimum atomic E-state index is -2.75. The molecule has 2 aliphatic heterocycles. The summed E-state index contributed by atoms with van der Waals surface area (Å²) in [6, 6.07) is 0.184. The molecule has 2 aliphatic rings. The van der Waals surface area contributed by atoms with Crippen LogP contribution in [0.2, 0.25) is 0 Å². The van der Waals surface area contributed by atoms with Crippen molar-refractivity contribution >= 4 is 9.84 Å². The van der Waals surface area contributed by atoms with E-state index in [4.69, 9.17) is 5.11 Å².